The highest BCUT2D eigenvalue weighted by molar-refractivity contribution is 5.94. The summed E-state index contributed by atoms with van der Waals surface area (Å²) in [6.45, 7) is 0.624. The van der Waals surface area contributed by atoms with Gasteiger partial charge in [0.1, 0.15) is 5.92 Å². The van der Waals surface area contributed by atoms with Crippen molar-refractivity contribution in [3.8, 4) is 0 Å². The van der Waals surface area contributed by atoms with Crippen molar-refractivity contribution in [1.82, 2.24) is 5.32 Å². The smallest absolute Gasteiger partial charge is 0.310 e. The Bertz CT molecular complexity index is 432. The van der Waals surface area contributed by atoms with Gasteiger partial charge < -0.3 is 15.2 Å². The molecule has 0 saturated carbocycles. The van der Waals surface area contributed by atoms with Gasteiger partial charge in [-0.25, -0.2) is 0 Å². The van der Waals surface area contributed by atoms with E-state index in [2.05, 4.69) is 5.32 Å². The average Bonchev–Trinajstić information content (AvgIpc) is 2.40. The van der Waals surface area contributed by atoms with Crippen molar-refractivity contribution in [3.63, 3.8) is 0 Å². The monoisotopic (exact) mass is 249 g/mol. The van der Waals surface area contributed by atoms with Crippen LogP contribution < -0.4 is 5.32 Å². The molecule has 1 aromatic carbocycles. The molecule has 2 atom stereocenters. The van der Waals surface area contributed by atoms with Gasteiger partial charge in [0.05, 0.1) is 6.61 Å². The maximum Gasteiger partial charge on any atom is 0.310 e. The molecule has 1 amide bonds. The summed E-state index contributed by atoms with van der Waals surface area (Å²) in [5, 5.41) is 11.8. The van der Waals surface area contributed by atoms with E-state index >= 15 is 0 Å². The van der Waals surface area contributed by atoms with Gasteiger partial charge in [-0.1, -0.05) is 18.2 Å². The van der Waals surface area contributed by atoms with Crippen molar-refractivity contribution >= 4 is 11.9 Å². The summed E-state index contributed by atoms with van der Waals surface area (Å²) < 4.78 is 5.13. The molecule has 2 N–H and O–H groups in total. The Labute approximate surface area is 105 Å². The Balaban J connectivity index is 2.03. The fraction of sp³-hybridized carbons (Fsp3) is 0.385. The molecule has 1 heterocycles. The number of benzene rings is 1. The molecule has 1 saturated heterocycles. The lowest BCUT2D eigenvalue weighted by atomic mass is 9.95. The first-order valence-corrected chi connectivity index (χ1v) is 5.85. The average molecular weight is 249 g/mol. The molecule has 0 unspecified atom stereocenters. The Kier molecular flexibility index (Phi) is 3.94. The molecular formula is C13H15NO4. The standard InChI is InChI=1S/C13H15NO4/c15-12(9-4-2-1-3-5-9)14-11-6-7-18-8-10(11)13(16)17/h1-5,10-11H,6-8H2,(H,14,15)(H,16,17)/t10-,11+/m1/s1. The summed E-state index contributed by atoms with van der Waals surface area (Å²) in [6, 6.07) is 8.39. The largest absolute Gasteiger partial charge is 0.481 e. The summed E-state index contributed by atoms with van der Waals surface area (Å²) in [7, 11) is 0. The third-order valence-corrected chi connectivity index (χ3v) is 3.03. The Morgan fingerprint density at radius 1 is 1.28 bits per heavy atom. The summed E-state index contributed by atoms with van der Waals surface area (Å²) in [4.78, 5) is 23.0. The number of carboxylic acids is 1. The number of ether oxygens (including phenoxy) is 1. The number of nitrogens with one attached hydrogen (secondary N) is 1. The van der Waals surface area contributed by atoms with Crippen LogP contribution in [0.1, 0.15) is 16.8 Å². The quantitative estimate of drug-likeness (QED) is 0.834. The molecule has 2 rings (SSSR count). The third kappa shape index (κ3) is 2.87. The van der Waals surface area contributed by atoms with Gasteiger partial charge in [0.25, 0.3) is 5.91 Å². The normalized spacial score (nSPS) is 23.3. The molecule has 5 nitrogen and oxygen atoms in total. The van der Waals surface area contributed by atoms with E-state index in [0.29, 0.717) is 18.6 Å². The predicted molar refractivity (Wildman–Crippen MR) is 64.3 cm³/mol. The lowest BCUT2D eigenvalue weighted by Crippen LogP contribution is -2.48. The van der Waals surface area contributed by atoms with Gasteiger partial charge in [0.2, 0.25) is 0 Å². The molecule has 0 aromatic heterocycles. The lowest BCUT2D eigenvalue weighted by molar-refractivity contribution is -0.147. The van der Waals surface area contributed by atoms with Crippen LogP contribution in [0.3, 0.4) is 0 Å². The van der Waals surface area contributed by atoms with Gasteiger partial charge in [-0.15, -0.1) is 0 Å². The van der Waals surface area contributed by atoms with E-state index in [1.165, 1.54) is 0 Å². The van der Waals surface area contributed by atoms with Gasteiger partial charge in [-0.3, -0.25) is 9.59 Å². The maximum absolute atomic E-state index is 11.9. The van der Waals surface area contributed by atoms with Crippen LogP contribution in [0.4, 0.5) is 0 Å². The second-order valence-corrected chi connectivity index (χ2v) is 4.25. The topological polar surface area (TPSA) is 75.6 Å². The maximum atomic E-state index is 11.9. The Hall–Kier alpha value is -1.88. The highest BCUT2D eigenvalue weighted by atomic mass is 16.5. The van der Waals surface area contributed by atoms with Crippen molar-refractivity contribution < 1.29 is 19.4 Å². The van der Waals surface area contributed by atoms with Crippen molar-refractivity contribution in [1.29, 1.82) is 0 Å². The minimum Gasteiger partial charge on any atom is -0.481 e. The molecular weight excluding hydrogens is 234 g/mol. The van der Waals surface area contributed by atoms with Crippen LogP contribution >= 0.6 is 0 Å². The first kappa shape index (κ1) is 12.6. The van der Waals surface area contributed by atoms with E-state index in [4.69, 9.17) is 9.84 Å². The van der Waals surface area contributed by atoms with Crippen LogP contribution in [0.15, 0.2) is 30.3 Å². The Morgan fingerprint density at radius 2 is 2.00 bits per heavy atom. The van der Waals surface area contributed by atoms with Crippen LogP contribution in [0.2, 0.25) is 0 Å². The molecule has 1 aromatic rings. The van der Waals surface area contributed by atoms with Gasteiger partial charge >= 0.3 is 5.97 Å². The van der Waals surface area contributed by atoms with Gasteiger partial charge in [0.15, 0.2) is 0 Å². The number of rotatable bonds is 3. The zero-order valence-corrected chi connectivity index (χ0v) is 9.83. The fourth-order valence-corrected chi connectivity index (χ4v) is 2.00. The molecule has 18 heavy (non-hydrogen) atoms. The van der Waals surface area contributed by atoms with Crippen LogP contribution in [-0.2, 0) is 9.53 Å². The van der Waals surface area contributed by atoms with Gasteiger partial charge in [0, 0.05) is 18.2 Å². The SMILES string of the molecule is O=C(N[C@H]1CCOC[C@H]1C(=O)O)c1ccccc1. The molecule has 1 aliphatic rings. The predicted octanol–water partition coefficient (Wildman–Crippen LogP) is 0.906. The minimum absolute atomic E-state index is 0.148. The third-order valence-electron chi connectivity index (χ3n) is 3.03. The fourth-order valence-electron chi connectivity index (χ4n) is 2.00. The zero-order chi connectivity index (χ0) is 13.0. The van der Waals surface area contributed by atoms with E-state index in [1.54, 1.807) is 24.3 Å². The summed E-state index contributed by atoms with van der Waals surface area (Å²) in [5.41, 5.74) is 0.535. The Morgan fingerprint density at radius 3 is 2.67 bits per heavy atom. The molecule has 1 fully saturated rings. The first-order valence-electron chi connectivity index (χ1n) is 5.85. The lowest BCUT2D eigenvalue weighted by Gasteiger charge is -2.29. The summed E-state index contributed by atoms with van der Waals surface area (Å²) >= 11 is 0. The summed E-state index contributed by atoms with van der Waals surface area (Å²) in [6.07, 6.45) is 0.523. The molecule has 0 bridgehead atoms. The molecule has 96 valence electrons. The van der Waals surface area contributed by atoms with Crippen LogP contribution in [0.5, 0.6) is 0 Å². The van der Waals surface area contributed by atoms with E-state index in [-0.39, 0.29) is 18.6 Å². The minimum atomic E-state index is -0.937. The van der Waals surface area contributed by atoms with E-state index in [0.717, 1.165) is 0 Å². The summed E-state index contributed by atoms with van der Waals surface area (Å²) in [5.74, 6) is -1.85. The van der Waals surface area contributed by atoms with Crippen LogP contribution in [0.25, 0.3) is 0 Å². The van der Waals surface area contributed by atoms with E-state index in [9.17, 15) is 9.59 Å². The van der Waals surface area contributed by atoms with Gasteiger partial charge in [-0.2, -0.15) is 0 Å². The second kappa shape index (κ2) is 5.64. The number of hydrogen-bond acceptors (Lipinski definition) is 3. The number of carbonyl (C=O) groups is 2. The van der Waals surface area contributed by atoms with Crippen molar-refractivity contribution in [2.45, 2.75) is 12.5 Å². The number of hydrogen-bond donors (Lipinski definition) is 2. The second-order valence-electron chi connectivity index (χ2n) is 4.25. The first-order chi connectivity index (χ1) is 8.68. The molecule has 0 spiro atoms. The molecule has 5 heteroatoms. The van der Waals surface area contributed by atoms with E-state index < -0.39 is 11.9 Å². The molecule has 1 aliphatic heterocycles. The molecule has 0 aliphatic carbocycles. The highest BCUT2D eigenvalue weighted by Gasteiger charge is 2.32. The van der Waals surface area contributed by atoms with E-state index in [1.807, 2.05) is 6.07 Å². The van der Waals surface area contributed by atoms with Crippen molar-refractivity contribution in [2.75, 3.05) is 13.2 Å². The number of aliphatic carboxylic acids is 1. The highest BCUT2D eigenvalue weighted by Crippen LogP contribution is 2.15. The van der Waals surface area contributed by atoms with Crippen molar-refractivity contribution in [2.24, 2.45) is 5.92 Å². The number of carbonyl (C=O) groups excluding carboxylic acids is 1. The number of carboxylic acid groups (broad SMARTS) is 1. The van der Waals surface area contributed by atoms with Crippen molar-refractivity contribution in [3.05, 3.63) is 35.9 Å². The van der Waals surface area contributed by atoms with Crippen LogP contribution in [-0.4, -0.2) is 36.2 Å². The number of amides is 1. The van der Waals surface area contributed by atoms with Gasteiger partial charge in [-0.05, 0) is 18.6 Å². The molecule has 0 radical (unpaired) electrons. The zero-order valence-electron chi connectivity index (χ0n) is 9.83. The van der Waals surface area contributed by atoms with Crippen LogP contribution in [0, 0.1) is 5.92 Å².